The van der Waals surface area contributed by atoms with Crippen molar-refractivity contribution in [2.24, 2.45) is 0 Å². The summed E-state index contributed by atoms with van der Waals surface area (Å²) in [5, 5.41) is 0. The predicted molar refractivity (Wildman–Crippen MR) is 325 cm³/mol. The third-order valence-corrected chi connectivity index (χ3v) is 11.7. The van der Waals surface area contributed by atoms with E-state index in [2.05, 4.69) is 191 Å². The first-order chi connectivity index (χ1) is 37.0. The number of hydrogen-bond acceptors (Lipinski definition) is 6. The summed E-state index contributed by atoms with van der Waals surface area (Å²) in [5.41, 5.74) is 0. The minimum absolute atomic E-state index is 0.120. The van der Waals surface area contributed by atoms with E-state index in [0.717, 1.165) is 167 Å². The van der Waals surface area contributed by atoms with E-state index in [4.69, 9.17) is 14.2 Å². The molecule has 0 aliphatic rings. The lowest BCUT2D eigenvalue weighted by Crippen LogP contribution is -2.30. The smallest absolute Gasteiger partial charge is 0.306 e. The Morgan fingerprint density at radius 1 is 0.267 bits per heavy atom. The van der Waals surface area contributed by atoms with E-state index in [-0.39, 0.29) is 44.0 Å². The minimum Gasteiger partial charge on any atom is -0.462 e. The van der Waals surface area contributed by atoms with Gasteiger partial charge in [-0.1, -0.05) is 236 Å². The van der Waals surface area contributed by atoms with Gasteiger partial charge in [0.15, 0.2) is 6.10 Å². The molecule has 0 amide bonds. The van der Waals surface area contributed by atoms with Crippen LogP contribution in [0.15, 0.2) is 170 Å². The van der Waals surface area contributed by atoms with Crippen LogP contribution < -0.4 is 0 Å². The maximum atomic E-state index is 12.9. The van der Waals surface area contributed by atoms with E-state index in [1.807, 2.05) is 0 Å². The number of carbonyl (C=O) groups excluding carboxylic acids is 3. The van der Waals surface area contributed by atoms with E-state index in [0.29, 0.717) is 12.8 Å². The molecular formula is C69H106O6. The molecule has 0 rings (SSSR count). The van der Waals surface area contributed by atoms with E-state index in [1.54, 1.807) is 0 Å². The van der Waals surface area contributed by atoms with Gasteiger partial charge in [-0.25, -0.2) is 0 Å². The molecule has 1 unspecified atom stereocenters. The summed E-state index contributed by atoms with van der Waals surface area (Å²) in [6, 6.07) is 0. The molecule has 0 bridgehead atoms. The normalized spacial score (nSPS) is 13.4. The molecule has 418 valence electrons. The van der Waals surface area contributed by atoms with Crippen LogP contribution in [0.5, 0.6) is 0 Å². The predicted octanol–water partition coefficient (Wildman–Crippen LogP) is 20.3. The molecule has 0 aromatic carbocycles. The number of unbranched alkanes of at least 4 members (excludes halogenated alkanes) is 12. The molecule has 0 spiro atoms. The van der Waals surface area contributed by atoms with Gasteiger partial charge in [0, 0.05) is 19.3 Å². The Bertz CT molecular complexity index is 1750. The highest BCUT2D eigenvalue weighted by Gasteiger charge is 2.19. The minimum atomic E-state index is -0.827. The zero-order valence-corrected chi connectivity index (χ0v) is 47.7. The summed E-state index contributed by atoms with van der Waals surface area (Å²) in [4.78, 5) is 38.2. The highest BCUT2D eigenvalue weighted by molar-refractivity contribution is 5.71. The first-order valence-corrected chi connectivity index (χ1v) is 29.6. The van der Waals surface area contributed by atoms with Gasteiger partial charge in [0.25, 0.3) is 0 Å². The largest absolute Gasteiger partial charge is 0.462 e. The molecule has 0 N–H and O–H groups in total. The maximum absolute atomic E-state index is 12.9. The zero-order chi connectivity index (χ0) is 54.3. The van der Waals surface area contributed by atoms with Gasteiger partial charge in [0.1, 0.15) is 13.2 Å². The SMILES string of the molecule is CC/C=C\C/C=C\C/C=C\C/C=C\C/C=C\C/C=C\C/C=C\CCCC(=O)OCC(COC(=O)CCCCCCC/C=C\C/C=C\C/C=C\CC)OC(=O)CCCCCCCC/C=C\C/C=C\C/C=C\C/C=C\CC. The fourth-order valence-electron chi connectivity index (χ4n) is 7.38. The first kappa shape index (κ1) is 69.8. The Labute approximate surface area is 460 Å². The number of rotatable bonds is 51. The van der Waals surface area contributed by atoms with Gasteiger partial charge in [-0.15, -0.1) is 0 Å². The molecule has 0 saturated carbocycles. The van der Waals surface area contributed by atoms with Crippen molar-refractivity contribution in [3.63, 3.8) is 0 Å². The van der Waals surface area contributed by atoms with Crippen LogP contribution in [0, 0.1) is 0 Å². The lowest BCUT2D eigenvalue weighted by atomic mass is 10.1. The third-order valence-electron chi connectivity index (χ3n) is 11.7. The van der Waals surface area contributed by atoms with Crippen LogP contribution in [0.25, 0.3) is 0 Å². The topological polar surface area (TPSA) is 78.9 Å². The molecule has 0 aromatic rings. The quantitative estimate of drug-likeness (QED) is 0.0261. The molecule has 6 nitrogen and oxygen atoms in total. The van der Waals surface area contributed by atoms with Crippen LogP contribution in [0.2, 0.25) is 0 Å². The summed E-state index contributed by atoms with van der Waals surface area (Å²) < 4.78 is 16.8. The third kappa shape index (κ3) is 59.5. The molecule has 0 saturated heterocycles. The van der Waals surface area contributed by atoms with Crippen molar-refractivity contribution in [2.45, 2.75) is 232 Å². The van der Waals surface area contributed by atoms with Gasteiger partial charge < -0.3 is 14.2 Å². The molecule has 1 atom stereocenters. The van der Waals surface area contributed by atoms with E-state index >= 15 is 0 Å². The molecule has 0 aliphatic heterocycles. The molecule has 0 heterocycles. The van der Waals surface area contributed by atoms with Gasteiger partial charge in [-0.05, 0) is 141 Å². The first-order valence-electron chi connectivity index (χ1n) is 29.6. The van der Waals surface area contributed by atoms with Crippen molar-refractivity contribution < 1.29 is 28.6 Å². The Balaban J connectivity index is 4.57. The highest BCUT2D eigenvalue weighted by atomic mass is 16.6. The summed E-state index contributed by atoms with van der Waals surface area (Å²) in [6.07, 6.45) is 90.6. The highest BCUT2D eigenvalue weighted by Crippen LogP contribution is 2.13. The van der Waals surface area contributed by atoms with E-state index in [1.165, 1.54) is 12.8 Å². The summed E-state index contributed by atoms with van der Waals surface area (Å²) in [6.45, 7) is 6.21. The van der Waals surface area contributed by atoms with Crippen molar-refractivity contribution in [3.8, 4) is 0 Å². The number of allylic oxidation sites excluding steroid dienone is 28. The lowest BCUT2D eigenvalue weighted by Gasteiger charge is -2.18. The van der Waals surface area contributed by atoms with Gasteiger partial charge >= 0.3 is 17.9 Å². The van der Waals surface area contributed by atoms with Crippen molar-refractivity contribution in [1.29, 1.82) is 0 Å². The molecule has 0 aromatic heterocycles. The lowest BCUT2D eigenvalue weighted by molar-refractivity contribution is -0.167. The van der Waals surface area contributed by atoms with Crippen LogP contribution in [0.3, 0.4) is 0 Å². The van der Waals surface area contributed by atoms with Crippen LogP contribution >= 0.6 is 0 Å². The van der Waals surface area contributed by atoms with Crippen LogP contribution in [-0.4, -0.2) is 37.2 Å². The number of ether oxygens (including phenoxy) is 3. The summed E-state index contributed by atoms with van der Waals surface area (Å²) in [5.74, 6) is -1.02. The Morgan fingerprint density at radius 3 is 0.800 bits per heavy atom. The molecular weight excluding hydrogens is 925 g/mol. The second kappa shape index (κ2) is 61.3. The zero-order valence-electron chi connectivity index (χ0n) is 47.7. The van der Waals surface area contributed by atoms with Gasteiger partial charge in [-0.3, -0.25) is 14.4 Å². The van der Waals surface area contributed by atoms with Crippen LogP contribution in [0.4, 0.5) is 0 Å². The Morgan fingerprint density at radius 2 is 0.493 bits per heavy atom. The van der Waals surface area contributed by atoms with Crippen molar-refractivity contribution in [2.75, 3.05) is 13.2 Å². The Hall–Kier alpha value is -5.23. The molecule has 75 heavy (non-hydrogen) atoms. The molecule has 0 radical (unpaired) electrons. The van der Waals surface area contributed by atoms with E-state index in [9.17, 15) is 14.4 Å². The molecule has 0 fully saturated rings. The van der Waals surface area contributed by atoms with Crippen LogP contribution in [0.1, 0.15) is 226 Å². The maximum Gasteiger partial charge on any atom is 0.306 e. The number of esters is 3. The summed E-state index contributed by atoms with van der Waals surface area (Å²) >= 11 is 0. The average molecular weight is 1030 g/mol. The van der Waals surface area contributed by atoms with Crippen molar-refractivity contribution >= 4 is 17.9 Å². The fraction of sp³-hybridized carbons (Fsp3) is 0.551. The second-order valence-electron chi connectivity index (χ2n) is 18.8. The van der Waals surface area contributed by atoms with Crippen molar-refractivity contribution in [1.82, 2.24) is 0 Å². The van der Waals surface area contributed by atoms with Gasteiger partial charge in [-0.2, -0.15) is 0 Å². The molecule has 6 heteroatoms. The van der Waals surface area contributed by atoms with E-state index < -0.39 is 6.10 Å². The van der Waals surface area contributed by atoms with Crippen molar-refractivity contribution in [3.05, 3.63) is 170 Å². The average Bonchev–Trinajstić information content (AvgIpc) is 3.41. The van der Waals surface area contributed by atoms with Gasteiger partial charge in [0.2, 0.25) is 0 Å². The van der Waals surface area contributed by atoms with Crippen LogP contribution in [-0.2, 0) is 28.6 Å². The van der Waals surface area contributed by atoms with Gasteiger partial charge in [0.05, 0.1) is 0 Å². The Kier molecular flexibility index (Phi) is 57.0. The monoisotopic (exact) mass is 1030 g/mol. The fourth-order valence-corrected chi connectivity index (χ4v) is 7.38. The summed E-state index contributed by atoms with van der Waals surface area (Å²) in [7, 11) is 0. The number of hydrogen-bond donors (Lipinski definition) is 0. The number of carbonyl (C=O) groups is 3. The standard InChI is InChI=1S/C69H106O6/c1-4-7-10-13-16-19-22-25-28-30-32-33-34-35-37-38-41-44-47-50-53-56-59-62-68(71)74-65-66(64-73-67(70)61-58-55-52-49-46-43-40-27-24-21-18-15-12-9-6-3)75-69(72)63-60-57-54-51-48-45-42-39-36-31-29-26-23-20-17-14-11-8-5-2/h7-12,16-21,25-29,32-33,35-37,39-41,44,50,53,66H,4-6,13-15,22-24,30-31,34,38,42-43,45-49,51-52,54-65H2,1-3H3/b10-7-,11-8-,12-9-,19-16-,20-17-,21-18-,28-25-,29-26-,33-32-,37-35-,39-36-,40-27-,44-41-,53-50-. The second-order valence-corrected chi connectivity index (χ2v) is 18.8. The molecule has 0 aliphatic carbocycles.